The molecule has 1 amide bonds. The van der Waals surface area contributed by atoms with E-state index in [1.165, 1.54) is 0 Å². The molecule has 1 atom stereocenters. The van der Waals surface area contributed by atoms with Crippen LogP contribution in [0.1, 0.15) is 52.2 Å². The summed E-state index contributed by atoms with van der Waals surface area (Å²) in [5.74, 6) is 0.00986. The maximum Gasteiger partial charge on any atom is 0.274 e. The minimum absolute atomic E-state index is 0.00986. The number of carbonyl (C=O) groups excluding carboxylic acids is 1. The zero-order valence-electron chi connectivity index (χ0n) is 13.9. The molecule has 1 fully saturated rings. The average molecular weight is 340 g/mol. The number of carbonyl (C=O) groups is 1. The Balaban J connectivity index is 1.69. The SMILES string of the molecule is Cc1csc(C2CCCCN2C(=O)c2cn3c(C)cccc3n2)n1. The molecule has 24 heavy (non-hydrogen) atoms. The van der Waals surface area contributed by atoms with Crippen LogP contribution in [0, 0.1) is 13.8 Å². The molecule has 4 heterocycles. The van der Waals surface area contributed by atoms with Crippen molar-refractivity contribution in [3.8, 4) is 0 Å². The molecule has 3 aromatic rings. The van der Waals surface area contributed by atoms with Crippen molar-refractivity contribution >= 4 is 22.9 Å². The summed E-state index contributed by atoms with van der Waals surface area (Å²) in [6.45, 7) is 4.79. The Bertz CT molecular complexity index is 897. The summed E-state index contributed by atoms with van der Waals surface area (Å²) < 4.78 is 1.97. The summed E-state index contributed by atoms with van der Waals surface area (Å²) >= 11 is 1.65. The second kappa shape index (κ2) is 6.02. The number of pyridine rings is 1. The normalized spacial score (nSPS) is 18.2. The van der Waals surface area contributed by atoms with Gasteiger partial charge in [-0.3, -0.25) is 4.79 Å². The number of hydrogen-bond acceptors (Lipinski definition) is 4. The summed E-state index contributed by atoms with van der Waals surface area (Å²) in [5.41, 5.74) is 3.43. The van der Waals surface area contributed by atoms with Gasteiger partial charge in [0, 0.05) is 29.5 Å². The molecule has 4 rings (SSSR count). The first-order chi connectivity index (χ1) is 11.6. The topological polar surface area (TPSA) is 50.5 Å². The van der Waals surface area contributed by atoms with Crippen LogP contribution in [-0.4, -0.2) is 31.7 Å². The van der Waals surface area contributed by atoms with Gasteiger partial charge in [0.1, 0.15) is 16.3 Å². The molecule has 1 aliphatic rings. The van der Waals surface area contributed by atoms with Gasteiger partial charge in [-0.25, -0.2) is 9.97 Å². The van der Waals surface area contributed by atoms with Gasteiger partial charge in [-0.1, -0.05) is 6.07 Å². The molecule has 124 valence electrons. The third-order valence-electron chi connectivity index (χ3n) is 4.60. The second-order valence-electron chi connectivity index (χ2n) is 6.36. The largest absolute Gasteiger partial charge is 0.328 e. The molecule has 6 heteroatoms. The molecule has 0 N–H and O–H groups in total. The number of piperidine rings is 1. The van der Waals surface area contributed by atoms with Crippen molar-refractivity contribution in [1.29, 1.82) is 0 Å². The van der Waals surface area contributed by atoms with Crippen molar-refractivity contribution < 1.29 is 4.79 Å². The fourth-order valence-electron chi connectivity index (χ4n) is 3.36. The lowest BCUT2D eigenvalue weighted by atomic mass is 10.0. The second-order valence-corrected chi connectivity index (χ2v) is 7.25. The Labute approximate surface area is 145 Å². The van der Waals surface area contributed by atoms with Crippen molar-refractivity contribution in [2.24, 2.45) is 0 Å². The highest BCUT2D eigenvalue weighted by Crippen LogP contribution is 2.33. The first kappa shape index (κ1) is 15.3. The number of amides is 1. The number of likely N-dealkylation sites (tertiary alicyclic amines) is 1. The Kier molecular flexibility index (Phi) is 3.84. The third kappa shape index (κ3) is 2.60. The Morgan fingerprint density at radius 2 is 2.12 bits per heavy atom. The minimum atomic E-state index is 0.00986. The van der Waals surface area contributed by atoms with E-state index in [0.717, 1.165) is 47.8 Å². The van der Waals surface area contributed by atoms with Crippen LogP contribution < -0.4 is 0 Å². The van der Waals surface area contributed by atoms with Crippen molar-refractivity contribution in [2.75, 3.05) is 6.54 Å². The molecular weight excluding hydrogens is 320 g/mol. The van der Waals surface area contributed by atoms with E-state index in [-0.39, 0.29) is 11.9 Å². The van der Waals surface area contributed by atoms with E-state index >= 15 is 0 Å². The van der Waals surface area contributed by atoms with Gasteiger partial charge in [0.05, 0.1) is 6.04 Å². The van der Waals surface area contributed by atoms with Crippen LogP contribution in [0.3, 0.4) is 0 Å². The van der Waals surface area contributed by atoms with Crippen molar-refractivity contribution in [2.45, 2.75) is 39.2 Å². The van der Waals surface area contributed by atoms with E-state index in [9.17, 15) is 4.79 Å². The molecule has 0 aliphatic carbocycles. The zero-order chi connectivity index (χ0) is 16.7. The summed E-state index contributed by atoms with van der Waals surface area (Å²) in [7, 11) is 0. The number of rotatable bonds is 2. The molecule has 0 bridgehead atoms. The number of fused-ring (bicyclic) bond motifs is 1. The van der Waals surface area contributed by atoms with Gasteiger partial charge in [0.2, 0.25) is 0 Å². The van der Waals surface area contributed by atoms with Crippen LogP contribution in [0.4, 0.5) is 0 Å². The monoisotopic (exact) mass is 340 g/mol. The fraction of sp³-hybridized carbons (Fsp3) is 0.389. The smallest absolute Gasteiger partial charge is 0.274 e. The highest BCUT2D eigenvalue weighted by molar-refractivity contribution is 7.09. The quantitative estimate of drug-likeness (QED) is 0.713. The van der Waals surface area contributed by atoms with Gasteiger partial charge in [-0.15, -0.1) is 11.3 Å². The van der Waals surface area contributed by atoms with Crippen LogP contribution in [0.5, 0.6) is 0 Å². The highest BCUT2D eigenvalue weighted by atomic mass is 32.1. The lowest BCUT2D eigenvalue weighted by Crippen LogP contribution is -2.38. The Morgan fingerprint density at radius 1 is 1.25 bits per heavy atom. The summed E-state index contributed by atoms with van der Waals surface area (Å²) in [5, 5.41) is 3.10. The fourth-order valence-corrected chi connectivity index (χ4v) is 4.30. The first-order valence-electron chi connectivity index (χ1n) is 8.31. The zero-order valence-corrected chi connectivity index (χ0v) is 14.7. The summed E-state index contributed by atoms with van der Waals surface area (Å²) in [6.07, 6.45) is 5.01. The number of aromatic nitrogens is 3. The number of nitrogens with zero attached hydrogens (tertiary/aromatic N) is 4. The molecular formula is C18H20N4OS. The lowest BCUT2D eigenvalue weighted by molar-refractivity contribution is 0.0605. The Morgan fingerprint density at radius 3 is 2.88 bits per heavy atom. The van der Waals surface area contributed by atoms with E-state index in [1.807, 2.05) is 47.5 Å². The molecule has 1 aliphatic heterocycles. The van der Waals surface area contributed by atoms with Crippen LogP contribution >= 0.6 is 11.3 Å². The van der Waals surface area contributed by atoms with Gasteiger partial charge in [0.25, 0.3) is 5.91 Å². The molecule has 0 aromatic carbocycles. The van der Waals surface area contributed by atoms with Crippen molar-refractivity contribution in [1.82, 2.24) is 19.3 Å². The van der Waals surface area contributed by atoms with E-state index in [0.29, 0.717) is 5.69 Å². The first-order valence-corrected chi connectivity index (χ1v) is 9.19. The van der Waals surface area contributed by atoms with Crippen LogP contribution in [-0.2, 0) is 0 Å². The maximum absolute atomic E-state index is 13.1. The van der Waals surface area contributed by atoms with E-state index in [2.05, 4.69) is 15.3 Å². The number of thiazole rings is 1. The number of imidazole rings is 1. The number of hydrogen-bond donors (Lipinski definition) is 0. The third-order valence-corrected chi connectivity index (χ3v) is 5.66. The van der Waals surface area contributed by atoms with Gasteiger partial charge in [-0.05, 0) is 45.2 Å². The van der Waals surface area contributed by atoms with Crippen LogP contribution in [0.2, 0.25) is 0 Å². The molecule has 3 aromatic heterocycles. The standard InChI is InChI=1S/C18H20N4OS/c1-12-11-24-17(19-12)15-7-3-4-9-21(15)18(23)14-10-22-13(2)6-5-8-16(22)20-14/h5-6,8,10-11,15H,3-4,7,9H2,1-2H3. The van der Waals surface area contributed by atoms with Gasteiger partial charge in [-0.2, -0.15) is 0 Å². The Hall–Kier alpha value is -2.21. The molecule has 1 unspecified atom stereocenters. The van der Waals surface area contributed by atoms with E-state index in [4.69, 9.17) is 0 Å². The molecule has 0 saturated carbocycles. The van der Waals surface area contributed by atoms with Gasteiger partial charge >= 0.3 is 0 Å². The molecule has 5 nitrogen and oxygen atoms in total. The van der Waals surface area contributed by atoms with Gasteiger partial charge < -0.3 is 9.30 Å². The van der Waals surface area contributed by atoms with Crippen LogP contribution in [0.25, 0.3) is 5.65 Å². The summed E-state index contributed by atoms with van der Waals surface area (Å²) in [6, 6.07) is 6.00. The van der Waals surface area contributed by atoms with Gasteiger partial charge in [0.15, 0.2) is 0 Å². The predicted octanol–water partition coefficient (Wildman–Crippen LogP) is 3.78. The van der Waals surface area contributed by atoms with Crippen molar-refractivity contribution in [3.05, 3.63) is 51.9 Å². The van der Waals surface area contributed by atoms with E-state index in [1.54, 1.807) is 11.3 Å². The molecule has 0 radical (unpaired) electrons. The minimum Gasteiger partial charge on any atom is -0.328 e. The van der Waals surface area contributed by atoms with Crippen molar-refractivity contribution in [3.63, 3.8) is 0 Å². The molecule has 0 spiro atoms. The van der Waals surface area contributed by atoms with E-state index < -0.39 is 0 Å². The maximum atomic E-state index is 13.1. The highest BCUT2D eigenvalue weighted by Gasteiger charge is 2.31. The number of aryl methyl sites for hydroxylation is 2. The summed E-state index contributed by atoms with van der Waals surface area (Å²) in [4.78, 5) is 24.2. The van der Waals surface area contributed by atoms with Crippen LogP contribution in [0.15, 0.2) is 29.8 Å². The average Bonchev–Trinajstić information content (AvgIpc) is 3.21. The predicted molar refractivity (Wildman–Crippen MR) is 94.4 cm³/mol. The lowest BCUT2D eigenvalue weighted by Gasteiger charge is -2.34. The molecule has 1 saturated heterocycles.